The molecule has 3 nitrogen and oxygen atoms in total. The van der Waals surface area contributed by atoms with Crippen molar-refractivity contribution in [3.8, 4) is 0 Å². The minimum absolute atomic E-state index is 0.0168. The Morgan fingerprint density at radius 2 is 1.56 bits per heavy atom. The monoisotopic (exact) mass is 225 g/mol. The van der Waals surface area contributed by atoms with Gasteiger partial charge in [0.05, 0.1) is 12.1 Å². The quantitative estimate of drug-likeness (QED) is 0.755. The highest BCUT2D eigenvalue weighted by atomic mass is 16.3. The lowest BCUT2D eigenvalue weighted by Crippen LogP contribution is -2.47. The Labute approximate surface area is 97.6 Å². The number of carbonyl (C=O) groups is 1. The topological polar surface area (TPSA) is 49.3 Å². The molecule has 0 aromatic heterocycles. The van der Waals surface area contributed by atoms with Gasteiger partial charge in [0.2, 0.25) is 5.91 Å². The first kappa shape index (κ1) is 11.9. The minimum Gasteiger partial charge on any atom is -0.391 e. The van der Waals surface area contributed by atoms with Crippen LogP contribution in [0.2, 0.25) is 0 Å². The van der Waals surface area contributed by atoms with Crippen molar-refractivity contribution in [3.05, 3.63) is 0 Å². The summed E-state index contributed by atoms with van der Waals surface area (Å²) in [6.45, 7) is 0. The summed E-state index contributed by atoms with van der Waals surface area (Å²) in [5.41, 5.74) is 0. The Balaban J connectivity index is 1.80. The van der Waals surface area contributed by atoms with Crippen LogP contribution in [0.1, 0.15) is 57.8 Å². The van der Waals surface area contributed by atoms with E-state index in [0.29, 0.717) is 0 Å². The number of rotatable bonds is 2. The van der Waals surface area contributed by atoms with Crippen molar-refractivity contribution in [2.24, 2.45) is 5.92 Å². The Hall–Kier alpha value is -0.570. The van der Waals surface area contributed by atoms with Gasteiger partial charge in [-0.1, -0.05) is 32.1 Å². The second-order valence-corrected chi connectivity index (χ2v) is 5.30. The van der Waals surface area contributed by atoms with E-state index < -0.39 is 0 Å². The highest BCUT2D eigenvalue weighted by Crippen LogP contribution is 2.25. The predicted octanol–water partition coefficient (Wildman–Crippen LogP) is 1.99. The number of aliphatic hydroxyl groups is 1. The van der Waals surface area contributed by atoms with Gasteiger partial charge in [0.15, 0.2) is 0 Å². The molecule has 0 aromatic rings. The maximum Gasteiger partial charge on any atom is 0.223 e. The van der Waals surface area contributed by atoms with Gasteiger partial charge in [0.1, 0.15) is 0 Å². The van der Waals surface area contributed by atoms with Gasteiger partial charge in [0.25, 0.3) is 0 Å². The Morgan fingerprint density at radius 1 is 0.938 bits per heavy atom. The third-order valence-corrected chi connectivity index (χ3v) is 4.03. The molecule has 0 aromatic carbocycles. The second kappa shape index (κ2) is 5.67. The highest BCUT2D eigenvalue weighted by molar-refractivity contribution is 5.79. The summed E-state index contributed by atoms with van der Waals surface area (Å²) in [4.78, 5) is 12.0. The van der Waals surface area contributed by atoms with E-state index in [2.05, 4.69) is 5.32 Å². The fourth-order valence-corrected chi connectivity index (χ4v) is 2.95. The van der Waals surface area contributed by atoms with Crippen LogP contribution >= 0.6 is 0 Å². The standard InChI is InChI=1S/C13H23NO2/c15-12-9-5-4-8-11(12)14-13(16)10-6-2-1-3-7-10/h10-12,15H,1-9H2,(H,14,16)/t11-,12+/m1/s1. The first-order valence-corrected chi connectivity index (χ1v) is 6.76. The zero-order valence-corrected chi connectivity index (χ0v) is 9.95. The molecule has 2 aliphatic rings. The van der Waals surface area contributed by atoms with E-state index in [9.17, 15) is 9.90 Å². The van der Waals surface area contributed by atoms with Gasteiger partial charge in [-0.3, -0.25) is 4.79 Å². The smallest absolute Gasteiger partial charge is 0.223 e. The predicted molar refractivity (Wildman–Crippen MR) is 63.0 cm³/mol. The third kappa shape index (κ3) is 2.97. The van der Waals surface area contributed by atoms with E-state index in [4.69, 9.17) is 0 Å². The van der Waals surface area contributed by atoms with Gasteiger partial charge in [-0.25, -0.2) is 0 Å². The average Bonchev–Trinajstić information content (AvgIpc) is 2.33. The molecule has 0 unspecified atom stereocenters. The van der Waals surface area contributed by atoms with Crippen molar-refractivity contribution in [2.75, 3.05) is 0 Å². The van der Waals surface area contributed by atoms with E-state index in [0.717, 1.165) is 38.5 Å². The number of hydrogen-bond donors (Lipinski definition) is 2. The molecule has 0 saturated heterocycles. The number of aliphatic hydroxyl groups excluding tert-OH is 1. The maximum atomic E-state index is 12.0. The second-order valence-electron chi connectivity index (χ2n) is 5.30. The maximum absolute atomic E-state index is 12.0. The minimum atomic E-state index is -0.318. The molecule has 0 heterocycles. The first-order chi connectivity index (χ1) is 7.77. The van der Waals surface area contributed by atoms with Gasteiger partial charge in [-0.05, 0) is 25.7 Å². The molecule has 2 rings (SSSR count). The normalized spacial score (nSPS) is 32.3. The Kier molecular flexibility index (Phi) is 4.22. The molecule has 3 heteroatoms. The van der Waals surface area contributed by atoms with E-state index >= 15 is 0 Å². The van der Waals surface area contributed by atoms with Crippen LogP contribution in [0.4, 0.5) is 0 Å². The molecule has 0 bridgehead atoms. The fourth-order valence-electron chi connectivity index (χ4n) is 2.95. The van der Waals surface area contributed by atoms with Gasteiger partial charge in [-0.15, -0.1) is 0 Å². The van der Waals surface area contributed by atoms with Crippen molar-refractivity contribution >= 4 is 5.91 Å². The molecule has 1 amide bonds. The van der Waals surface area contributed by atoms with Crippen LogP contribution in [-0.2, 0) is 4.79 Å². The molecule has 2 saturated carbocycles. The molecule has 2 aliphatic carbocycles. The molecular weight excluding hydrogens is 202 g/mol. The molecule has 0 radical (unpaired) electrons. The third-order valence-electron chi connectivity index (χ3n) is 4.03. The van der Waals surface area contributed by atoms with E-state index in [-0.39, 0.29) is 24.0 Å². The largest absolute Gasteiger partial charge is 0.391 e. The average molecular weight is 225 g/mol. The summed E-state index contributed by atoms with van der Waals surface area (Å²) in [7, 11) is 0. The van der Waals surface area contributed by atoms with E-state index in [1.165, 1.54) is 19.3 Å². The molecular formula is C13H23NO2. The zero-order valence-electron chi connectivity index (χ0n) is 9.95. The molecule has 0 aliphatic heterocycles. The van der Waals surface area contributed by atoms with Crippen LogP contribution in [0.5, 0.6) is 0 Å². The molecule has 2 fully saturated rings. The van der Waals surface area contributed by atoms with E-state index in [1.807, 2.05) is 0 Å². The van der Waals surface area contributed by atoms with Crippen LogP contribution in [0.25, 0.3) is 0 Å². The summed E-state index contributed by atoms with van der Waals surface area (Å²) >= 11 is 0. The molecule has 16 heavy (non-hydrogen) atoms. The lowest BCUT2D eigenvalue weighted by Gasteiger charge is -2.30. The number of hydrogen-bond acceptors (Lipinski definition) is 2. The SMILES string of the molecule is O=C(N[C@@H]1CCCC[C@@H]1O)C1CCCCC1. The van der Waals surface area contributed by atoms with Crippen molar-refractivity contribution in [2.45, 2.75) is 69.9 Å². The molecule has 2 atom stereocenters. The lowest BCUT2D eigenvalue weighted by molar-refractivity contribution is -0.127. The van der Waals surface area contributed by atoms with Gasteiger partial charge in [-0.2, -0.15) is 0 Å². The van der Waals surface area contributed by atoms with Gasteiger partial charge in [0, 0.05) is 5.92 Å². The zero-order chi connectivity index (χ0) is 11.4. The number of amides is 1. The Morgan fingerprint density at radius 3 is 2.25 bits per heavy atom. The van der Waals surface area contributed by atoms with Crippen molar-refractivity contribution < 1.29 is 9.90 Å². The lowest BCUT2D eigenvalue weighted by atomic mass is 9.87. The fraction of sp³-hybridized carbons (Fsp3) is 0.923. The van der Waals surface area contributed by atoms with Crippen molar-refractivity contribution in [1.82, 2.24) is 5.32 Å². The highest BCUT2D eigenvalue weighted by Gasteiger charge is 2.28. The van der Waals surface area contributed by atoms with E-state index in [1.54, 1.807) is 0 Å². The first-order valence-electron chi connectivity index (χ1n) is 6.76. The van der Waals surface area contributed by atoms with Crippen molar-refractivity contribution in [3.63, 3.8) is 0 Å². The number of carbonyl (C=O) groups excluding carboxylic acids is 1. The summed E-state index contributed by atoms with van der Waals surface area (Å²) in [6, 6.07) is 0.0168. The van der Waals surface area contributed by atoms with Crippen LogP contribution in [-0.4, -0.2) is 23.2 Å². The van der Waals surface area contributed by atoms with Crippen LogP contribution < -0.4 is 5.32 Å². The molecule has 2 N–H and O–H groups in total. The van der Waals surface area contributed by atoms with Gasteiger partial charge < -0.3 is 10.4 Å². The van der Waals surface area contributed by atoms with Crippen LogP contribution in [0.15, 0.2) is 0 Å². The summed E-state index contributed by atoms with van der Waals surface area (Å²) in [6.07, 6.45) is 9.41. The van der Waals surface area contributed by atoms with Gasteiger partial charge >= 0.3 is 0 Å². The van der Waals surface area contributed by atoms with Crippen molar-refractivity contribution in [1.29, 1.82) is 0 Å². The molecule has 0 spiro atoms. The molecule has 92 valence electrons. The van der Waals surface area contributed by atoms with Crippen LogP contribution in [0.3, 0.4) is 0 Å². The van der Waals surface area contributed by atoms with Crippen LogP contribution in [0, 0.1) is 5.92 Å². The summed E-state index contributed by atoms with van der Waals surface area (Å²) in [5.74, 6) is 0.397. The Bertz CT molecular complexity index is 236. The number of nitrogens with one attached hydrogen (secondary N) is 1. The summed E-state index contributed by atoms with van der Waals surface area (Å²) in [5, 5.41) is 12.9. The summed E-state index contributed by atoms with van der Waals surface area (Å²) < 4.78 is 0.